The van der Waals surface area contributed by atoms with Crippen molar-refractivity contribution in [2.45, 2.75) is 22.7 Å². The van der Waals surface area contributed by atoms with E-state index in [1.807, 2.05) is 0 Å². The molecule has 0 aliphatic heterocycles. The lowest BCUT2D eigenvalue weighted by atomic mass is 10.1. The number of thioether (sulfide) groups is 1. The van der Waals surface area contributed by atoms with Gasteiger partial charge in [-0.3, -0.25) is 4.79 Å². The highest BCUT2D eigenvalue weighted by Gasteiger charge is 2.30. The topological polar surface area (TPSA) is 17.1 Å². The molecule has 1 aromatic carbocycles. The van der Waals surface area contributed by atoms with E-state index >= 15 is 0 Å². The van der Waals surface area contributed by atoms with Crippen LogP contribution in [0.2, 0.25) is 0 Å². The van der Waals surface area contributed by atoms with Crippen molar-refractivity contribution < 1.29 is 18.0 Å². The van der Waals surface area contributed by atoms with Crippen molar-refractivity contribution in [3.8, 4) is 0 Å². The van der Waals surface area contributed by atoms with Gasteiger partial charge in [-0.15, -0.1) is 11.6 Å². The molecule has 0 bridgehead atoms. The number of halogens is 5. The van der Waals surface area contributed by atoms with Gasteiger partial charge in [-0.25, -0.2) is 0 Å². The van der Waals surface area contributed by atoms with Gasteiger partial charge in [0, 0.05) is 9.37 Å². The van der Waals surface area contributed by atoms with Crippen molar-refractivity contribution in [3.05, 3.63) is 28.2 Å². The Hall–Kier alpha value is -0.200. The van der Waals surface area contributed by atoms with Crippen molar-refractivity contribution in [2.24, 2.45) is 0 Å². The van der Waals surface area contributed by atoms with Gasteiger partial charge >= 0.3 is 5.51 Å². The number of rotatable bonds is 3. The average Bonchev–Trinajstić information content (AvgIpc) is 2.18. The summed E-state index contributed by atoms with van der Waals surface area (Å²) in [5.41, 5.74) is -3.87. The molecule has 1 aromatic rings. The maximum Gasteiger partial charge on any atom is 0.446 e. The third-order valence-electron chi connectivity index (χ3n) is 1.83. The SMILES string of the molecule is CC(=O)C(Cl)c1ccc(SC(F)(F)F)c(Br)c1. The molecule has 0 aromatic heterocycles. The maximum absolute atomic E-state index is 12.2. The van der Waals surface area contributed by atoms with Gasteiger partial charge < -0.3 is 0 Å². The fraction of sp³-hybridized carbons (Fsp3) is 0.300. The first-order valence-electron chi connectivity index (χ1n) is 4.40. The van der Waals surface area contributed by atoms with Crippen molar-refractivity contribution in [2.75, 3.05) is 0 Å². The van der Waals surface area contributed by atoms with E-state index in [1.165, 1.54) is 25.1 Å². The average molecular weight is 348 g/mol. The van der Waals surface area contributed by atoms with Gasteiger partial charge in [0.1, 0.15) is 5.38 Å². The molecule has 0 aliphatic carbocycles. The van der Waals surface area contributed by atoms with Gasteiger partial charge in [0.25, 0.3) is 0 Å². The Balaban J connectivity index is 2.98. The molecule has 0 aliphatic rings. The zero-order chi connectivity index (χ0) is 13.2. The number of hydrogen-bond acceptors (Lipinski definition) is 2. The number of alkyl halides is 4. The fourth-order valence-electron chi connectivity index (χ4n) is 1.12. The Morgan fingerprint density at radius 1 is 1.47 bits per heavy atom. The van der Waals surface area contributed by atoms with Crippen LogP contribution >= 0.6 is 39.3 Å². The van der Waals surface area contributed by atoms with Crippen LogP contribution in [0.5, 0.6) is 0 Å². The van der Waals surface area contributed by atoms with Crippen LogP contribution < -0.4 is 0 Å². The molecule has 0 saturated heterocycles. The van der Waals surface area contributed by atoms with E-state index in [9.17, 15) is 18.0 Å². The summed E-state index contributed by atoms with van der Waals surface area (Å²) >= 11 is 8.61. The third-order valence-corrected chi connectivity index (χ3v) is 4.12. The summed E-state index contributed by atoms with van der Waals surface area (Å²) in [4.78, 5) is 11.1. The van der Waals surface area contributed by atoms with Gasteiger partial charge in [0.2, 0.25) is 0 Å². The number of carbonyl (C=O) groups is 1. The van der Waals surface area contributed by atoms with Crippen LogP contribution in [0.1, 0.15) is 17.9 Å². The van der Waals surface area contributed by atoms with Gasteiger partial charge in [-0.1, -0.05) is 6.07 Å². The lowest BCUT2D eigenvalue weighted by molar-refractivity contribution is -0.116. The standard InChI is InChI=1S/C10H7BrClF3OS/c1-5(16)9(12)6-2-3-8(7(11)4-6)17-10(13,14)15/h2-4,9H,1H3. The first-order valence-corrected chi connectivity index (χ1v) is 6.45. The number of carbonyl (C=O) groups excluding carboxylic acids is 1. The predicted molar refractivity (Wildman–Crippen MR) is 65.3 cm³/mol. The van der Waals surface area contributed by atoms with Crippen molar-refractivity contribution in [1.82, 2.24) is 0 Å². The molecule has 0 fully saturated rings. The number of hydrogen-bond donors (Lipinski definition) is 0. The summed E-state index contributed by atoms with van der Waals surface area (Å²) in [6, 6.07) is 4.13. The molecule has 94 valence electrons. The van der Waals surface area contributed by atoms with Crippen molar-refractivity contribution in [1.29, 1.82) is 0 Å². The van der Waals surface area contributed by atoms with Crippen LogP contribution in [-0.2, 0) is 4.79 Å². The summed E-state index contributed by atoms with van der Waals surface area (Å²) in [5, 5.41) is -0.837. The zero-order valence-corrected chi connectivity index (χ0v) is 11.7. The Morgan fingerprint density at radius 2 is 2.06 bits per heavy atom. The molecule has 0 radical (unpaired) electrons. The van der Waals surface area contributed by atoms with E-state index in [-0.39, 0.29) is 26.9 Å². The fourth-order valence-corrected chi connectivity index (χ4v) is 2.43. The van der Waals surface area contributed by atoms with Crippen LogP contribution in [0.15, 0.2) is 27.6 Å². The highest BCUT2D eigenvalue weighted by molar-refractivity contribution is 9.10. The van der Waals surface area contributed by atoms with E-state index in [0.717, 1.165) is 0 Å². The first kappa shape index (κ1) is 14.9. The minimum Gasteiger partial charge on any atom is -0.298 e. The Kier molecular flexibility index (Phi) is 4.92. The summed E-state index contributed by atoms with van der Waals surface area (Å²) in [6.45, 7) is 1.32. The maximum atomic E-state index is 12.2. The minimum atomic E-state index is -4.34. The molecule has 0 heterocycles. The Morgan fingerprint density at radius 3 is 2.47 bits per heavy atom. The van der Waals surface area contributed by atoms with Gasteiger partial charge in [-0.05, 0) is 52.3 Å². The number of Topliss-reactive ketones (excluding diaryl/α,β-unsaturated/α-hetero) is 1. The zero-order valence-electron chi connectivity index (χ0n) is 8.52. The Bertz CT molecular complexity index is 436. The minimum absolute atomic E-state index is 0.0358. The van der Waals surface area contributed by atoms with E-state index in [2.05, 4.69) is 15.9 Å². The molecule has 1 nitrogen and oxygen atoms in total. The molecular formula is C10H7BrClF3OS. The molecule has 1 atom stereocenters. The van der Waals surface area contributed by atoms with Crippen LogP contribution in [0.3, 0.4) is 0 Å². The van der Waals surface area contributed by atoms with E-state index in [1.54, 1.807) is 0 Å². The molecule has 1 unspecified atom stereocenters. The lowest BCUT2D eigenvalue weighted by Gasteiger charge is -2.11. The van der Waals surface area contributed by atoms with Crippen LogP contribution in [0, 0.1) is 0 Å². The second kappa shape index (κ2) is 5.63. The first-order chi connectivity index (χ1) is 7.70. The monoisotopic (exact) mass is 346 g/mol. The molecule has 0 saturated carbocycles. The van der Waals surface area contributed by atoms with E-state index in [4.69, 9.17) is 11.6 Å². The highest BCUT2D eigenvalue weighted by Crippen LogP contribution is 2.41. The summed E-state index contributed by atoms with van der Waals surface area (Å²) in [6.07, 6.45) is 0. The lowest BCUT2D eigenvalue weighted by Crippen LogP contribution is -2.03. The molecule has 17 heavy (non-hydrogen) atoms. The van der Waals surface area contributed by atoms with E-state index in [0.29, 0.717) is 5.56 Å². The molecule has 0 spiro atoms. The predicted octanol–water partition coefficient (Wildman–Crippen LogP) is 4.93. The molecule has 0 N–H and O–H groups in total. The molecular weight excluding hydrogens is 341 g/mol. The second-order valence-corrected chi connectivity index (χ2v) is 5.61. The largest absolute Gasteiger partial charge is 0.446 e. The van der Waals surface area contributed by atoms with Gasteiger partial charge in [0.05, 0.1) is 0 Å². The third kappa shape index (κ3) is 4.52. The summed E-state index contributed by atoms with van der Waals surface area (Å²) < 4.78 is 36.8. The van der Waals surface area contributed by atoms with Gasteiger partial charge in [-0.2, -0.15) is 13.2 Å². The number of ketones is 1. The van der Waals surface area contributed by atoms with Crippen molar-refractivity contribution in [3.63, 3.8) is 0 Å². The van der Waals surface area contributed by atoms with Crippen molar-refractivity contribution >= 4 is 45.1 Å². The smallest absolute Gasteiger partial charge is 0.298 e. The summed E-state index contributed by atoms with van der Waals surface area (Å²) in [7, 11) is 0. The molecule has 1 rings (SSSR count). The number of benzene rings is 1. The second-order valence-electron chi connectivity index (χ2n) is 3.21. The van der Waals surface area contributed by atoms with Crippen LogP contribution in [-0.4, -0.2) is 11.3 Å². The molecule has 0 amide bonds. The van der Waals surface area contributed by atoms with Gasteiger partial charge in [0.15, 0.2) is 5.78 Å². The van der Waals surface area contributed by atoms with Crippen LogP contribution in [0.4, 0.5) is 13.2 Å². The highest BCUT2D eigenvalue weighted by atomic mass is 79.9. The Labute approximate surface area is 114 Å². The van der Waals surface area contributed by atoms with E-state index < -0.39 is 10.9 Å². The quantitative estimate of drug-likeness (QED) is 0.569. The summed E-state index contributed by atoms with van der Waals surface area (Å²) in [5.74, 6) is -0.255. The normalized spacial score (nSPS) is 13.5. The molecule has 7 heteroatoms. The van der Waals surface area contributed by atoms with Crippen LogP contribution in [0.25, 0.3) is 0 Å².